The second kappa shape index (κ2) is 5.22. The molecule has 1 N–H and O–H groups in total. The van der Waals surface area contributed by atoms with Crippen molar-refractivity contribution in [2.45, 2.75) is 33.7 Å². The molecule has 2 unspecified atom stereocenters. The van der Waals surface area contributed by atoms with Crippen LogP contribution < -0.4 is 0 Å². The third-order valence-corrected chi connectivity index (χ3v) is 2.64. The van der Waals surface area contributed by atoms with Gasteiger partial charge < -0.3 is 10.0 Å². The number of carboxylic acid groups (broad SMARTS) is 1. The Bertz CT molecular complexity index is 168. The molecule has 0 aromatic rings. The molecule has 0 bridgehead atoms. The summed E-state index contributed by atoms with van der Waals surface area (Å²) in [5.74, 6) is -0.444. The van der Waals surface area contributed by atoms with Crippen LogP contribution in [0.1, 0.15) is 27.7 Å². The second-order valence-electron chi connectivity index (χ2n) is 4.16. The highest BCUT2D eigenvalue weighted by Crippen LogP contribution is 2.10. The van der Waals surface area contributed by atoms with Crippen LogP contribution in [0.4, 0.5) is 0 Å². The predicted octanol–water partition coefficient (Wildman–Crippen LogP) is 1.68. The molecule has 0 fully saturated rings. The van der Waals surface area contributed by atoms with Crippen LogP contribution in [0, 0.1) is 11.8 Å². The largest absolute Gasteiger partial charge is 0.481 e. The highest BCUT2D eigenvalue weighted by molar-refractivity contribution is 5.69. The zero-order chi connectivity index (χ0) is 10.6. The third-order valence-electron chi connectivity index (χ3n) is 2.64. The van der Waals surface area contributed by atoms with Gasteiger partial charge in [0, 0.05) is 12.6 Å². The Morgan fingerprint density at radius 1 is 1.31 bits per heavy atom. The minimum absolute atomic E-state index is 0.286. The Morgan fingerprint density at radius 2 is 1.77 bits per heavy atom. The van der Waals surface area contributed by atoms with Crippen molar-refractivity contribution in [3.63, 3.8) is 0 Å². The Labute approximate surface area is 80.7 Å². The van der Waals surface area contributed by atoms with Crippen LogP contribution in [0.25, 0.3) is 0 Å². The monoisotopic (exact) mass is 187 g/mol. The molecular weight excluding hydrogens is 166 g/mol. The quantitative estimate of drug-likeness (QED) is 0.712. The molecule has 0 rings (SSSR count). The summed E-state index contributed by atoms with van der Waals surface area (Å²) >= 11 is 0. The Hall–Kier alpha value is -0.570. The van der Waals surface area contributed by atoms with Crippen molar-refractivity contribution in [1.82, 2.24) is 4.90 Å². The topological polar surface area (TPSA) is 40.5 Å². The first kappa shape index (κ1) is 12.4. The summed E-state index contributed by atoms with van der Waals surface area (Å²) in [5.41, 5.74) is 0. The van der Waals surface area contributed by atoms with Crippen molar-refractivity contribution in [1.29, 1.82) is 0 Å². The second-order valence-corrected chi connectivity index (χ2v) is 4.16. The van der Waals surface area contributed by atoms with Crippen molar-refractivity contribution in [3.05, 3.63) is 0 Å². The van der Waals surface area contributed by atoms with Crippen molar-refractivity contribution in [2.75, 3.05) is 13.6 Å². The highest BCUT2D eigenvalue weighted by Gasteiger charge is 2.18. The SMILES string of the molecule is CC(CN(C)C(C)C(C)C)C(=O)O. The van der Waals surface area contributed by atoms with Gasteiger partial charge in [-0.15, -0.1) is 0 Å². The molecule has 0 saturated carbocycles. The van der Waals surface area contributed by atoms with E-state index in [1.165, 1.54) is 0 Å². The van der Waals surface area contributed by atoms with E-state index in [2.05, 4.69) is 25.7 Å². The van der Waals surface area contributed by atoms with Gasteiger partial charge in [-0.1, -0.05) is 20.8 Å². The molecule has 0 aromatic heterocycles. The average molecular weight is 187 g/mol. The molecule has 0 heterocycles. The lowest BCUT2D eigenvalue weighted by atomic mass is 10.0. The van der Waals surface area contributed by atoms with E-state index >= 15 is 0 Å². The molecule has 3 nitrogen and oxygen atoms in total. The summed E-state index contributed by atoms with van der Waals surface area (Å²) in [5, 5.41) is 8.72. The zero-order valence-corrected chi connectivity index (χ0v) is 9.24. The maximum atomic E-state index is 10.6. The van der Waals surface area contributed by atoms with Gasteiger partial charge in [-0.25, -0.2) is 0 Å². The zero-order valence-electron chi connectivity index (χ0n) is 9.24. The normalized spacial score (nSPS) is 16.2. The van der Waals surface area contributed by atoms with E-state index in [0.717, 1.165) is 0 Å². The number of hydrogen-bond donors (Lipinski definition) is 1. The average Bonchev–Trinajstić information content (AvgIpc) is 2.02. The third kappa shape index (κ3) is 4.27. The molecule has 78 valence electrons. The summed E-state index contributed by atoms with van der Waals surface area (Å²) in [4.78, 5) is 12.7. The van der Waals surface area contributed by atoms with Gasteiger partial charge in [-0.2, -0.15) is 0 Å². The maximum Gasteiger partial charge on any atom is 0.307 e. The van der Waals surface area contributed by atoms with Crippen molar-refractivity contribution in [2.24, 2.45) is 11.8 Å². The molecule has 0 saturated heterocycles. The van der Waals surface area contributed by atoms with Crippen LogP contribution >= 0.6 is 0 Å². The van der Waals surface area contributed by atoms with Crippen LogP contribution in [0.5, 0.6) is 0 Å². The van der Waals surface area contributed by atoms with Gasteiger partial charge in [0.25, 0.3) is 0 Å². The summed E-state index contributed by atoms with van der Waals surface area (Å²) < 4.78 is 0. The minimum atomic E-state index is -0.720. The number of aliphatic carboxylic acids is 1. The van der Waals surface area contributed by atoms with Gasteiger partial charge in [0.1, 0.15) is 0 Å². The van der Waals surface area contributed by atoms with Gasteiger partial charge in [0.15, 0.2) is 0 Å². The van der Waals surface area contributed by atoms with Gasteiger partial charge in [-0.3, -0.25) is 4.79 Å². The molecule has 0 amide bonds. The standard InChI is InChI=1S/C10H21NO2/c1-7(2)9(4)11(5)6-8(3)10(12)13/h7-9H,6H2,1-5H3,(H,12,13). The molecule has 0 aliphatic rings. The molecule has 3 heteroatoms. The van der Waals surface area contributed by atoms with E-state index in [4.69, 9.17) is 5.11 Å². The van der Waals surface area contributed by atoms with Crippen LogP contribution in [0.3, 0.4) is 0 Å². The predicted molar refractivity (Wildman–Crippen MR) is 53.7 cm³/mol. The number of nitrogens with zero attached hydrogens (tertiary/aromatic N) is 1. The van der Waals surface area contributed by atoms with Gasteiger partial charge in [0.05, 0.1) is 5.92 Å². The fraction of sp³-hybridized carbons (Fsp3) is 0.900. The Kier molecular flexibility index (Phi) is 4.99. The number of rotatable bonds is 5. The summed E-state index contributed by atoms with van der Waals surface area (Å²) in [6, 6.07) is 0.432. The molecule has 0 spiro atoms. The smallest absolute Gasteiger partial charge is 0.307 e. The van der Waals surface area contributed by atoms with Crippen LogP contribution in [-0.4, -0.2) is 35.6 Å². The molecule has 0 aliphatic heterocycles. The van der Waals surface area contributed by atoms with Crippen molar-refractivity contribution >= 4 is 5.97 Å². The fourth-order valence-corrected chi connectivity index (χ4v) is 1.19. The molecule has 0 aliphatic carbocycles. The molecular formula is C10H21NO2. The lowest BCUT2D eigenvalue weighted by Gasteiger charge is -2.28. The molecule has 2 atom stereocenters. The first-order valence-electron chi connectivity index (χ1n) is 4.79. The van der Waals surface area contributed by atoms with Gasteiger partial charge in [-0.05, 0) is 19.9 Å². The molecule has 13 heavy (non-hydrogen) atoms. The van der Waals surface area contributed by atoms with Gasteiger partial charge >= 0.3 is 5.97 Å². The van der Waals surface area contributed by atoms with Crippen molar-refractivity contribution < 1.29 is 9.90 Å². The summed E-state index contributed by atoms with van der Waals surface area (Å²) in [7, 11) is 1.98. The van der Waals surface area contributed by atoms with E-state index in [9.17, 15) is 4.79 Å². The maximum absolute atomic E-state index is 10.6. The highest BCUT2D eigenvalue weighted by atomic mass is 16.4. The van der Waals surface area contributed by atoms with E-state index in [0.29, 0.717) is 18.5 Å². The van der Waals surface area contributed by atoms with Crippen LogP contribution in [0.15, 0.2) is 0 Å². The van der Waals surface area contributed by atoms with E-state index in [1.54, 1.807) is 6.92 Å². The Morgan fingerprint density at radius 3 is 2.08 bits per heavy atom. The number of carboxylic acids is 1. The fourth-order valence-electron chi connectivity index (χ4n) is 1.19. The first-order chi connectivity index (χ1) is 5.86. The van der Waals surface area contributed by atoms with Gasteiger partial charge in [0.2, 0.25) is 0 Å². The molecule has 0 radical (unpaired) electrons. The van der Waals surface area contributed by atoms with E-state index in [1.807, 2.05) is 7.05 Å². The Balaban J connectivity index is 3.99. The summed E-state index contributed by atoms with van der Waals surface area (Å²) in [6.07, 6.45) is 0. The van der Waals surface area contributed by atoms with Crippen molar-refractivity contribution in [3.8, 4) is 0 Å². The molecule has 0 aromatic carbocycles. The van der Waals surface area contributed by atoms with E-state index < -0.39 is 5.97 Å². The van der Waals surface area contributed by atoms with E-state index in [-0.39, 0.29) is 5.92 Å². The van der Waals surface area contributed by atoms with Crippen LogP contribution in [0.2, 0.25) is 0 Å². The minimum Gasteiger partial charge on any atom is -0.481 e. The first-order valence-corrected chi connectivity index (χ1v) is 4.79. The number of carbonyl (C=O) groups is 1. The lowest BCUT2D eigenvalue weighted by molar-refractivity contribution is -0.141. The number of hydrogen-bond acceptors (Lipinski definition) is 2. The van der Waals surface area contributed by atoms with Crippen LogP contribution in [-0.2, 0) is 4.79 Å². The summed E-state index contributed by atoms with van der Waals surface area (Å²) in [6.45, 7) is 8.78. The lowest BCUT2D eigenvalue weighted by Crippen LogP contribution is -2.38.